The number of hydrogen-bond donors (Lipinski definition) is 0. The fraction of sp³-hybridized carbons (Fsp3) is 0.508. The Labute approximate surface area is 421 Å². The van der Waals surface area contributed by atoms with Gasteiger partial charge >= 0.3 is 0 Å². The number of nitrogens with zero attached hydrogens (tertiary/aromatic N) is 2. The van der Waals surface area contributed by atoms with Gasteiger partial charge in [-0.2, -0.15) is 0 Å². The molecule has 11 rings (SSSR count). The number of hydrogen-bond acceptors (Lipinski definition) is 3. The molecule has 3 heterocycles. The van der Waals surface area contributed by atoms with E-state index in [1.54, 1.807) is 5.56 Å². The van der Waals surface area contributed by atoms with Gasteiger partial charge in [0.05, 0.1) is 5.69 Å². The van der Waals surface area contributed by atoms with Crippen LogP contribution in [0.5, 0.6) is 0 Å². The van der Waals surface area contributed by atoms with Crippen LogP contribution < -0.4 is 25.5 Å². The smallest absolute Gasteiger partial charge is 0.264 e. The van der Waals surface area contributed by atoms with Gasteiger partial charge < -0.3 is 9.80 Å². The van der Waals surface area contributed by atoms with Gasteiger partial charge in [0.15, 0.2) is 0 Å². The molecule has 0 unspecified atom stereocenters. The molecule has 5 aromatic carbocycles. The molecule has 0 bridgehead atoms. The van der Waals surface area contributed by atoms with Gasteiger partial charge in [0.1, 0.15) is 0 Å². The molecule has 2 nitrogen and oxygen atoms in total. The van der Waals surface area contributed by atoms with Crippen molar-refractivity contribution in [2.45, 2.75) is 213 Å². The third kappa shape index (κ3) is 6.96. The average Bonchev–Trinajstić information content (AvgIpc) is 3.62. The Hall–Kier alpha value is -4.28. The maximum Gasteiger partial charge on any atom is 0.264 e. The van der Waals surface area contributed by atoms with Crippen LogP contribution in [-0.2, 0) is 43.3 Å². The average molecular weight is 933 g/mol. The van der Waals surface area contributed by atoms with Crippen LogP contribution in [0.2, 0.25) is 0 Å². The Morgan fingerprint density at radius 3 is 1.46 bits per heavy atom. The molecule has 4 heteroatoms. The first-order valence-electron chi connectivity index (χ1n) is 26.7. The van der Waals surface area contributed by atoms with E-state index in [4.69, 9.17) is 0 Å². The number of benzene rings is 5. The molecule has 0 atom stereocenters. The topological polar surface area (TPSA) is 6.48 Å². The molecule has 360 valence electrons. The Morgan fingerprint density at radius 2 is 0.913 bits per heavy atom. The van der Waals surface area contributed by atoms with Crippen molar-refractivity contribution in [3.8, 4) is 0 Å². The Balaban J connectivity index is 1.30. The van der Waals surface area contributed by atoms with Gasteiger partial charge in [-0.05, 0) is 198 Å². The highest BCUT2D eigenvalue weighted by atomic mass is 32.1. The van der Waals surface area contributed by atoms with Crippen LogP contribution in [0.15, 0.2) is 72.8 Å². The molecular formula is C65H81BN2S. The van der Waals surface area contributed by atoms with Crippen LogP contribution in [0.4, 0.5) is 34.1 Å². The second kappa shape index (κ2) is 14.4. The Morgan fingerprint density at radius 1 is 0.449 bits per heavy atom. The van der Waals surface area contributed by atoms with Crippen LogP contribution in [0, 0.1) is 6.92 Å². The van der Waals surface area contributed by atoms with Crippen molar-refractivity contribution in [3.63, 3.8) is 0 Å². The normalized spacial score (nSPS) is 20.9. The van der Waals surface area contributed by atoms with Crippen molar-refractivity contribution in [2.75, 3.05) is 9.80 Å². The van der Waals surface area contributed by atoms with Crippen molar-refractivity contribution >= 4 is 78.0 Å². The largest absolute Gasteiger partial charge is 0.311 e. The van der Waals surface area contributed by atoms with Gasteiger partial charge in [-0.3, -0.25) is 0 Å². The summed E-state index contributed by atoms with van der Waals surface area (Å²) in [6.07, 6.45) is 7.20. The monoisotopic (exact) mass is 933 g/mol. The van der Waals surface area contributed by atoms with Crippen molar-refractivity contribution in [2.24, 2.45) is 0 Å². The van der Waals surface area contributed by atoms with Crippen LogP contribution in [0.3, 0.4) is 0 Å². The Kier molecular flexibility index (Phi) is 9.86. The van der Waals surface area contributed by atoms with Crippen LogP contribution >= 0.6 is 11.3 Å². The quantitative estimate of drug-likeness (QED) is 0.159. The van der Waals surface area contributed by atoms with E-state index in [0.717, 1.165) is 0 Å². The number of aryl methyl sites for hydroxylation is 1. The van der Waals surface area contributed by atoms with E-state index in [9.17, 15) is 0 Å². The van der Waals surface area contributed by atoms with E-state index in [1.165, 1.54) is 143 Å². The van der Waals surface area contributed by atoms with Gasteiger partial charge in [0.2, 0.25) is 0 Å². The summed E-state index contributed by atoms with van der Waals surface area (Å²) in [7, 11) is 0. The molecule has 6 aromatic rings. The minimum absolute atomic E-state index is 0.0179. The number of rotatable bonds is 2. The molecule has 69 heavy (non-hydrogen) atoms. The standard InChI is InChI=1S/C65H81BN2S/c1-38-30-44-47(64(16,17)28-26-61(44,10)11)36-50(38)68-51-31-39(58(2,3)4)20-23-49(51)66-55-52(32-40(33-53(55)68)59(5,6)7)67(41-21-22-43-45(34-41)62(12,13)25-24-60(43,8)9)56-42-35-46-48(37-54(42)69-57(56)66)65(18,19)29-27-63(46,14)15/h20-23,30-37H,24-29H2,1-19H3. The van der Waals surface area contributed by atoms with Crippen molar-refractivity contribution in [1.29, 1.82) is 0 Å². The molecule has 0 saturated heterocycles. The van der Waals surface area contributed by atoms with Gasteiger partial charge in [-0.15, -0.1) is 11.3 Å². The predicted octanol–water partition coefficient (Wildman–Crippen LogP) is 16.9. The highest BCUT2D eigenvalue weighted by Crippen LogP contribution is 2.56. The van der Waals surface area contributed by atoms with E-state index in [0.29, 0.717) is 0 Å². The van der Waals surface area contributed by atoms with Crippen molar-refractivity contribution < 1.29 is 0 Å². The molecule has 0 fully saturated rings. The van der Waals surface area contributed by atoms with Crippen LogP contribution in [-0.4, -0.2) is 6.71 Å². The van der Waals surface area contributed by atoms with Gasteiger partial charge in [-0.1, -0.05) is 149 Å². The van der Waals surface area contributed by atoms with Crippen LogP contribution in [0.25, 0.3) is 10.1 Å². The summed E-state index contributed by atoms with van der Waals surface area (Å²) in [4.78, 5) is 5.53. The predicted molar refractivity (Wildman–Crippen MR) is 304 cm³/mol. The van der Waals surface area contributed by atoms with Crippen molar-refractivity contribution in [3.05, 3.63) is 123 Å². The summed E-state index contributed by atoms with van der Waals surface area (Å²) in [6.45, 7) is 46.7. The lowest BCUT2D eigenvalue weighted by atomic mass is 9.36. The molecule has 0 amide bonds. The van der Waals surface area contributed by atoms with Crippen LogP contribution in [0.1, 0.15) is 213 Å². The van der Waals surface area contributed by atoms with E-state index in [-0.39, 0.29) is 50.0 Å². The van der Waals surface area contributed by atoms with Crippen molar-refractivity contribution in [1.82, 2.24) is 0 Å². The minimum Gasteiger partial charge on any atom is -0.311 e. The highest BCUT2D eigenvalue weighted by Gasteiger charge is 2.49. The van der Waals surface area contributed by atoms with E-state index < -0.39 is 0 Å². The number of thiophene rings is 1. The zero-order valence-corrected chi connectivity index (χ0v) is 46.9. The van der Waals surface area contributed by atoms with E-state index in [2.05, 4.69) is 225 Å². The zero-order chi connectivity index (χ0) is 49.7. The molecule has 2 aliphatic heterocycles. The maximum absolute atomic E-state index is 2.78. The fourth-order valence-corrected chi connectivity index (χ4v) is 15.0. The molecule has 0 spiro atoms. The SMILES string of the molecule is Cc1cc2c(cc1N1c3cc(C(C)(C)C)ccc3B3c4sc5cc6c(cc5c4N(c4ccc5c(c4)C(C)(C)CCC5(C)C)c4cc(C(C)(C)C)cc1c43)C(C)(C)CCC6(C)C)C(C)(C)CCC2(C)C. The van der Waals surface area contributed by atoms with Gasteiger partial charge in [0, 0.05) is 43.3 Å². The maximum atomic E-state index is 2.78. The first kappa shape index (κ1) is 47.1. The Bertz CT molecular complexity index is 3170. The third-order valence-electron chi connectivity index (χ3n) is 18.9. The molecule has 0 saturated carbocycles. The molecule has 0 radical (unpaired) electrons. The second-order valence-corrected chi connectivity index (χ2v) is 29.8. The summed E-state index contributed by atoms with van der Waals surface area (Å²) in [5.74, 6) is 0. The highest BCUT2D eigenvalue weighted by molar-refractivity contribution is 7.33. The lowest BCUT2D eigenvalue weighted by Crippen LogP contribution is -2.60. The second-order valence-electron chi connectivity index (χ2n) is 28.7. The first-order valence-corrected chi connectivity index (χ1v) is 27.5. The van der Waals surface area contributed by atoms with Gasteiger partial charge in [-0.25, -0.2) is 0 Å². The molecule has 5 aliphatic rings. The molecular weight excluding hydrogens is 852 g/mol. The van der Waals surface area contributed by atoms with E-state index in [1.807, 2.05) is 0 Å². The van der Waals surface area contributed by atoms with Gasteiger partial charge in [0.25, 0.3) is 6.71 Å². The summed E-state index contributed by atoms with van der Waals surface area (Å²) in [5.41, 5.74) is 24.6. The molecule has 0 N–H and O–H groups in total. The summed E-state index contributed by atoms with van der Waals surface area (Å²) >= 11 is 2.08. The summed E-state index contributed by atoms with van der Waals surface area (Å²) in [5, 5.41) is 1.41. The lowest BCUT2D eigenvalue weighted by Gasteiger charge is -2.47. The number of anilines is 6. The molecule has 1 aromatic heterocycles. The summed E-state index contributed by atoms with van der Waals surface area (Å²) in [6, 6.07) is 31.0. The number of fused-ring (bicyclic) bond motifs is 9. The first-order chi connectivity index (χ1) is 31.8. The summed E-state index contributed by atoms with van der Waals surface area (Å²) < 4.78 is 2.90. The third-order valence-corrected chi connectivity index (χ3v) is 20.1. The lowest BCUT2D eigenvalue weighted by molar-refractivity contribution is 0.332. The zero-order valence-electron chi connectivity index (χ0n) is 46.1. The van der Waals surface area contributed by atoms with E-state index >= 15 is 0 Å². The minimum atomic E-state index is -0.101. The fourth-order valence-electron chi connectivity index (χ4n) is 13.6. The molecule has 3 aliphatic carbocycles.